The molecular formula is C12H23N5. The maximum Gasteiger partial charge on any atom is 0.148 e. The van der Waals surface area contributed by atoms with Crippen molar-refractivity contribution in [3.05, 3.63) is 11.4 Å². The van der Waals surface area contributed by atoms with E-state index in [0.29, 0.717) is 11.7 Å². The van der Waals surface area contributed by atoms with Gasteiger partial charge in [-0.05, 0) is 12.8 Å². The molecule has 5 heteroatoms. The molecule has 3 N–H and O–H groups in total. The molecule has 17 heavy (non-hydrogen) atoms. The Morgan fingerprint density at radius 3 is 2.47 bits per heavy atom. The highest BCUT2D eigenvalue weighted by molar-refractivity contribution is 5.57. The first kappa shape index (κ1) is 13.7. The van der Waals surface area contributed by atoms with E-state index in [1.165, 1.54) is 0 Å². The summed E-state index contributed by atoms with van der Waals surface area (Å²) in [5, 5.41) is 0. The average Bonchev–Trinajstić information content (AvgIpc) is 2.28. The largest absolute Gasteiger partial charge is 0.359 e. The monoisotopic (exact) mass is 237 g/mol. The van der Waals surface area contributed by atoms with Crippen molar-refractivity contribution < 1.29 is 0 Å². The number of hydrogen-bond donors (Lipinski definition) is 2. The maximum absolute atomic E-state index is 5.49. The number of nitrogens with one attached hydrogen (secondary N) is 1. The molecule has 0 spiro atoms. The topological polar surface area (TPSA) is 67.1 Å². The van der Waals surface area contributed by atoms with E-state index in [2.05, 4.69) is 41.2 Å². The van der Waals surface area contributed by atoms with Gasteiger partial charge >= 0.3 is 0 Å². The van der Waals surface area contributed by atoms with Gasteiger partial charge in [0.05, 0.1) is 0 Å². The van der Waals surface area contributed by atoms with Crippen LogP contribution in [0.25, 0.3) is 0 Å². The number of nitrogens with two attached hydrogens (primary N) is 1. The molecule has 0 radical (unpaired) electrons. The molecule has 1 heterocycles. The molecule has 0 bridgehead atoms. The van der Waals surface area contributed by atoms with Gasteiger partial charge in [0.15, 0.2) is 0 Å². The summed E-state index contributed by atoms with van der Waals surface area (Å²) in [5.74, 6) is 8.56. The van der Waals surface area contributed by atoms with Crippen LogP contribution in [0, 0.1) is 12.8 Å². The summed E-state index contributed by atoms with van der Waals surface area (Å²) in [7, 11) is 2.05. The number of nitrogen functional groups attached to an aromatic ring is 1. The molecule has 1 aromatic rings. The number of hydrogen-bond acceptors (Lipinski definition) is 5. The lowest BCUT2D eigenvalue weighted by Crippen LogP contribution is -2.26. The number of aromatic nitrogens is 2. The van der Waals surface area contributed by atoms with E-state index in [9.17, 15) is 0 Å². The predicted molar refractivity (Wildman–Crippen MR) is 72.1 cm³/mol. The van der Waals surface area contributed by atoms with Crippen molar-refractivity contribution in [2.45, 2.75) is 34.1 Å². The van der Waals surface area contributed by atoms with Gasteiger partial charge < -0.3 is 10.3 Å². The first-order valence-corrected chi connectivity index (χ1v) is 6.04. The summed E-state index contributed by atoms with van der Waals surface area (Å²) in [4.78, 5) is 11.1. The van der Waals surface area contributed by atoms with Gasteiger partial charge in [0.2, 0.25) is 0 Å². The molecule has 0 aromatic carbocycles. The fourth-order valence-corrected chi connectivity index (χ4v) is 1.85. The highest BCUT2D eigenvalue weighted by Crippen LogP contribution is 2.22. The van der Waals surface area contributed by atoms with Crippen molar-refractivity contribution in [1.82, 2.24) is 9.97 Å². The molecule has 96 valence electrons. The number of hydrazine groups is 1. The summed E-state index contributed by atoms with van der Waals surface area (Å²) < 4.78 is 0. The van der Waals surface area contributed by atoms with E-state index in [-0.39, 0.29) is 0 Å². The third-order valence-corrected chi connectivity index (χ3v) is 2.62. The molecular weight excluding hydrogens is 214 g/mol. The van der Waals surface area contributed by atoms with Gasteiger partial charge in [-0.15, -0.1) is 0 Å². The second-order valence-electron chi connectivity index (χ2n) is 4.71. The van der Waals surface area contributed by atoms with Crippen LogP contribution >= 0.6 is 0 Å². The normalized spacial score (nSPS) is 10.8. The van der Waals surface area contributed by atoms with E-state index < -0.39 is 0 Å². The second kappa shape index (κ2) is 5.82. The average molecular weight is 237 g/mol. The van der Waals surface area contributed by atoms with E-state index in [1.807, 2.05) is 13.8 Å². The minimum absolute atomic E-state index is 0.591. The molecule has 5 nitrogen and oxygen atoms in total. The van der Waals surface area contributed by atoms with E-state index >= 15 is 0 Å². The number of anilines is 2. The standard InChI is InChI=1S/C12H23N5/c1-6-10-14-11(16-13)9(4)12(15-10)17(5)7-8(2)3/h8H,6-7,13H2,1-5H3,(H,14,15,16). The maximum atomic E-state index is 5.49. The van der Waals surface area contributed by atoms with Crippen LogP contribution in [-0.2, 0) is 6.42 Å². The SMILES string of the molecule is CCc1nc(NN)c(C)c(N(C)CC(C)C)n1. The first-order valence-electron chi connectivity index (χ1n) is 6.04. The van der Waals surface area contributed by atoms with Crippen LogP contribution in [0.3, 0.4) is 0 Å². The highest BCUT2D eigenvalue weighted by atomic mass is 15.3. The molecule has 0 saturated carbocycles. The van der Waals surface area contributed by atoms with Crippen LogP contribution in [0.15, 0.2) is 0 Å². The zero-order valence-corrected chi connectivity index (χ0v) is 11.4. The molecule has 0 aliphatic carbocycles. The number of nitrogens with zero attached hydrogens (tertiary/aromatic N) is 3. The Kier molecular flexibility index (Phi) is 4.69. The molecule has 0 fully saturated rings. The van der Waals surface area contributed by atoms with Gasteiger partial charge in [-0.25, -0.2) is 15.8 Å². The highest BCUT2D eigenvalue weighted by Gasteiger charge is 2.13. The molecule has 0 unspecified atom stereocenters. The quantitative estimate of drug-likeness (QED) is 0.603. The lowest BCUT2D eigenvalue weighted by atomic mass is 10.2. The Bertz CT molecular complexity index is 375. The van der Waals surface area contributed by atoms with Gasteiger partial charge in [-0.1, -0.05) is 20.8 Å². The van der Waals surface area contributed by atoms with E-state index in [1.54, 1.807) is 0 Å². The van der Waals surface area contributed by atoms with Crippen LogP contribution in [0.2, 0.25) is 0 Å². The van der Waals surface area contributed by atoms with Crippen molar-refractivity contribution >= 4 is 11.6 Å². The van der Waals surface area contributed by atoms with Crippen LogP contribution in [0.5, 0.6) is 0 Å². The van der Waals surface area contributed by atoms with Crippen LogP contribution in [0.1, 0.15) is 32.2 Å². The minimum atomic E-state index is 0.591. The summed E-state index contributed by atoms with van der Waals surface area (Å²) in [6, 6.07) is 0. The van der Waals surface area contributed by atoms with Crippen molar-refractivity contribution in [3.8, 4) is 0 Å². The lowest BCUT2D eigenvalue weighted by molar-refractivity contribution is 0.632. The van der Waals surface area contributed by atoms with Crippen molar-refractivity contribution in [3.63, 3.8) is 0 Å². The fraction of sp³-hybridized carbons (Fsp3) is 0.667. The third kappa shape index (κ3) is 3.30. The molecule has 1 rings (SSSR count). The third-order valence-electron chi connectivity index (χ3n) is 2.62. The molecule has 0 saturated heterocycles. The van der Waals surface area contributed by atoms with Gasteiger partial charge in [-0.2, -0.15) is 0 Å². The number of rotatable bonds is 5. The number of aryl methyl sites for hydroxylation is 1. The molecule has 0 amide bonds. The van der Waals surface area contributed by atoms with Crippen molar-refractivity contribution in [2.24, 2.45) is 11.8 Å². The van der Waals surface area contributed by atoms with Crippen LogP contribution in [-0.4, -0.2) is 23.6 Å². The van der Waals surface area contributed by atoms with Gasteiger partial charge in [0.1, 0.15) is 17.5 Å². The van der Waals surface area contributed by atoms with Gasteiger partial charge in [0.25, 0.3) is 0 Å². The van der Waals surface area contributed by atoms with Crippen molar-refractivity contribution in [1.29, 1.82) is 0 Å². The van der Waals surface area contributed by atoms with Gasteiger partial charge in [-0.3, -0.25) is 0 Å². The predicted octanol–water partition coefficient (Wildman–Crippen LogP) is 1.73. The van der Waals surface area contributed by atoms with Crippen LogP contribution in [0.4, 0.5) is 11.6 Å². The smallest absolute Gasteiger partial charge is 0.148 e. The second-order valence-corrected chi connectivity index (χ2v) is 4.71. The van der Waals surface area contributed by atoms with E-state index in [4.69, 9.17) is 5.84 Å². The Balaban J connectivity index is 3.12. The molecule has 0 atom stereocenters. The first-order chi connectivity index (χ1) is 7.99. The zero-order chi connectivity index (χ0) is 13.0. The Hall–Kier alpha value is -1.36. The summed E-state index contributed by atoms with van der Waals surface area (Å²) in [5.41, 5.74) is 3.63. The van der Waals surface area contributed by atoms with E-state index in [0.717, 1.165) is 30.2 Å². The Morgan fingerprint density at radius 2 is 2.00 bits per heavy atom. The molecule has 0 aliphatic rings. The lowest BCUT2D eigenvalue weighted by Gasteiger charge is -2.23. The summed E-state index contributed by atoms with van der Waals surface area (Å²) in [6.45, 7) is 9.37. The Labute approximate surface area is 103 Å². The summed E-state index contributed by atoms with van der Waals surface area (Å²) in [6.07, 6.45) is 0.803. The molecule has 1 aromatic heterocycles. The fourth-order valence-electron chi connectivity index (χ4n) is 1.85. The minimum Gasteiger partial charge on any atom is -0.359 e. The summed E-state index contributed by atoms with van der Waals surface area (Å²) >= 11 is 0. The Morgan fingerprint density at radius 1 is 1.35 bits per heavy atom. The zero-order valence-electron chi connectivity index (χ0n) is 11.4. The van der Waals surface area contributed by atoms with Crippen molar-refractivity contribution in [2.75, 3.05) is 23.9 Å². The van der Waals surface area contributed by atoms with Crippen LogP contribution < -0.4 is 16.2 Å². The molecule has 0 aliphatic heterocycles. The van der Waals surface area contributed by atoms with Gasteiger partial charge in [0, 0.05) is 25.6 Å².